The second-order valence-corrected chi connectivity index (χ2v) is 7.39. The van der Waals surface area contributed by atoms with Crippen LogP contribution in [0.1, 0.15) is 5.56 Å². The lowest BCUT2D eigenvalue weighted by Gasteiger charge is -2.12. The Morgan fingerprint density at radius 3 is 2.92 bits per heavy atom. The molecule has 0 radical (unpaired) electrons. The third kappa shape index (κ3) is 4.62. The highest BCUT2D eigenvalue weighted by Crippen LogP contribution is 2.13. The van der Waals surface area contributed by atoms with Crippen molar-refractivity contribution in [3.05, 3.63) is 64.9 Å². The van der Waals surface area contributed by atoms with E-state index in [1.54, 1.807) is 6.08 Å². The number of nitrogens with zero attached hydrogens (tertiary/aromatic N) is 4. The first-order valence-electron chi connectivity index (χ1n) is 7.98. The Kier molecular flexibility index (Phi) is 5.75. The molecule has 130 valence electrons. The summed E-state index contributed by atoms with van der Waals surface area (Å²) in [5.74, 6) is 0. The minimum atomic E-state index is 0.684. The number of benzene rings is 1. The highest BCUT2D eigenvalue weighted by Gasteiger charge is 2.10. The van der Waals surface area contributed by atoms with Crippen molar-refractivity contribution in [2.75, 3.05) is 18.9 Å². The van der Waals surface area contributed by atoms with Gasteiger partial charge in [-0.05, 0) is 24.4 Å². The minimum absolute atomic E-state index is 0.684. The molecule has 0 aliphatic carbocycles. The first-order valence-corrected chi connectivity index (χ1v) is 9.21. The highest BCUT2D eigenvalue weighted by molar-refractivity contribution is 7.73. The molecular formula is C17H21N6S2+. The summed E-state index contributed by atoms with van der Waals surface area (Å²) in [4.78, 5) is 1.28. The van der Waals surface area contributed by atoms with Gasteiger partial charge in [-0.3, -0.25) is 0 Å². The number of anilines is 1. The van der Waals surface area contributed by atoms with Crippen LogP contribution in [0, 0.1) is 3.95 Å². The zero-order valence-electron chi connectivity index (χ0n) is 14.1. The third-order valence-corrected chi connectivity index (χ3v) is 4.85. The number of hydrogen-bond acceptors (Lipinski definition) is 5. The quantitative estimate of drug-likeness (QED) is 0.469. The summed E-state index contributed by atoms with van der Waals surface area (Å²) in [6, 6.07) is 10.1. The standard InChI is InChI=1S/C17H20N6S2/c1-3-9-18-16-20-23(17(24)25-16)13-21(2)11-14-10-19-22(12-14)15-7-5-4-6-8-15/h3-8,10,12H,1,9,11,13H2,2H3,(H,18,20)/p+1. The minimum Gasteiger partial charge on any atom is -0.357 e. The molecule has 0 saturated carbocycles. The predicted molar refractivity (Wildman–Crippen MR) is 104 cm³/mol. The molecule has 0 aliphatic rings. The summed E-state index contributed by atoms with van der Waals surface area (Å²) in [6.07, 6.45) is 5.78. The summed E-state index contributed by atoms with van der Waals surface area (Å²) < 4.78 is 4.53. The normalized spacial score (nSPS) is 12.0. The number of nitrogens with one attached hydrogen (secondary N) is 2. The van der Waals surface area contributed by atoms with Crippen LogP contribution in [0.2, 0.25) is 0 Å². The fraction of sp³-hybridized carbons (Fsp3) is 0.235. The van der Waals surface area contributed by atoms with Gasteiger partial charge in [-0.2, -0.15) is 9.78 Å². The van der Waals surface area contributed by atoms with Crippen molar-refractivity contribution >= 4 is 28.7 Å². The van der Waals surface area contributed by atoms with Crippen LogP contribution in [-0.4, -0.2) is 33.2 Å². The molecule has 2 N–H and O–H groups in total. The van der Waals surface area contributed by atoms with Gasteiger partial charge in [0.15, 0.2) is 10.6 Å². The maximum atomic E-state index is 5.40. The van der Waals surface area contributed by atoms with Crippen molar-refractivity contribution in [3.63, 3.8) is 0 Å². The van der Waals surface area contributed by atoms with Gasteiger partial charge >= 0.3 is 0 Å². The van der Waals surface area contributed by atoms with Gasteiger partial charge < -0.3 is 10.2 Å². The van der Waals surface area contributed by atoms with Crippen LogP contribution in [-0.2, 0) is 13.2 Å². The summed E-state index contributed by atoms with van der Waals surface area (Å²) >= 11 is 6.88. The van der Waals surface area contributed by atoms with Crippen molar-refractivity contribution in [2.45, 2.75) is 13.2 Å². The van der Waals surface area contributed by atoms with Crippen LogP contribution >= 0.6 is 23.6 Å². The van der Waals surface area contributed by atoms with E-state index in [1.165, 1.54) is 21.8 Å². The molecule has 2 heterocycles. The maximum Gasteiger partial charge on any atom is 0.205 e. The second kappa shape index (κ2) is 8.19. The van der Waals surface area contributed by atoms with Gasteiger partial charge in [0.25, 0.3) is 0 Å². The van der Waals surface area contributed by atoms with Crippen molar-refractivity contribution < 1.29 is 4.90 Å². The van der Waals surface area contributed by atoms with E-state index >= 15 is 0 Å². The van der Waals surface area contributed by atoms with Crippen molar-refractivity contribution in [3.8, 4) is 5.69 Å². The summed E-state index contributed by atoms with van der Waals surface area (Å²) in [5, 5.41) is 13.0. The Morgan fingerprint density at radius 1 is 1.36 bits per heavy atom. The molecule has 0 fully saturated rings. The highest BCUT2D eigenvalue weighted by atomic mass is 32.1. The van der Waals surface area contributed by atoms with E-state index in [0.29, 0.717) is 13.2 Å². The van der Waals surface area contributed by atoms with Crippen LogP contribution in [0.25, 0.3) is 5.69 Å². The van der Waals surface area contributed by atoms with E-state index in [0.717, 1.165) is 21.3 Å². The molecule has 0 bridgehead atoms. The van der Waals surface area contributed by atoms with Gasteiger partial charge in [0.2, 0.25) is 5.13 Å². The average Bonchev–Trinajstić information content (AvgIpc) is 3.21. The number of rotatable bonds is 8. The number of quaternary nitrogens is 1. The predicted octanol–water partition coefficient (Wildman–Crippen LogP) is 2.13. The molecule has 6 nitrogen and oxygen atoms in total. The Hall–Kier alpha value is -2.29. The van der Waals surface area contributed by atoms with Gasteiger partial charge in [0.1, 0.15) is 6.54 Å². The van der Waals surface area contributed by atoms with Crippen LogP contribution in [0.3, 0.4) is 0 Å². The monoisotopic (exact) mass is 373 g/mol. The maximum absolute atomic E-state index is 5.40. The first-order chi connectivity index (χ1) is 12.2. The Balaban J connectivity index is 1.62. The molecule has 1 aromatic carbocycles. The van der Waals surface area contributed by atoms with Crippen LogP contribution in [0.4, 0.5) is 5.13 Å². The van der Waals surface area contributed by atoms with Gasteiger partial charge in [0.05, 0.1) is 18.9 Å². The van der Waals surface area contributed by atoms with Crippen LogP contribution < -0.4 is 10.2 Å². The van der Waals surface area contributed by atoms with Gasteiger partial charge in [0, 0.05) is 18.3 Å². The molecule has 1 unspecified atom stereocenters. The molecule has 2 aromatic heterocycles. The summed E-state index contributed by atoms with van der Waals surface area (Å²) in [5.41, 5.74) is 2.24. The Labute approximate surface area is 156 Å². The second-order valence-electron chi connectivity index (χ2n) is 5.76. The zero-order chi connectivity index (χ0) is 17.6. The lowest BCUT2D eigenvalue weighted by molar-refractivity contribution is -0.917. The van der Waals surface area contributed by atoms with E-state index in [9.17, 15) is 0 Å². The van der Waals surface area contributed by atoms with E-state index in [-0.39, 0.29) is 0 Å². The lowest BCUT2D eigenvalue weighted by Crippen LogP contribution is -3.06. The fourth-order valence-electron chi connectivity index (χ4n) is 2.47. The van der Waals surface area contributed by atoms with E-state index < -0.39 is 0 Å². The van der Waals surface area contributed by atoms with E-state index in [2.05, 4.69) is 35.3 Å². The Morgan fingerprint density at radius 2 is 2.16 bits per heavy atom. The molecule has 0 saturated heterocycles. The average molecular weight is 374 g/mol. The van der Waals surface area contributed by atoms with Crippen molar-refractivity contribution in [1.82, 2.24) is 19.6 Å². The number of aromatic nitrogens is 4. The van der Waals surface area contributed by atoms with Gasteiger partial charge in [-0.25, -0.2) is 4.68 Å². The molecule has 0 amide bonds. The number of para-hydroxylation sites is 1. The lowest BCUT2D eigenvalue weighted by atomic mass is 10.3. The molecule has 0 spiro atoms. The summed E-state index contributed by atoms with van der Waals surface area (Å²) in [6.45, 7) is 5.94. The van der Waals surface area contributed by atoms with Gasteiger partial charge in [-0.1, -0.05) is 35.6 Å². The Bertz CT molecular complexity index is 880. The van der Waals surface area contributed by atoms with Crippen molar-refractivity contribution in [1.29, 1.82) is 0 Å². The van der Waals surface area contributed by atoms with Crippen LogP contribution in [0.15, 0.2) is 55.4 Å². The molecule has 3 aromatic rings. The third-order valence-electron chi connectivity index (χ3n) is 3.59. The molecular weight excluding hydrogens is 352 g/mol. The number of hydrogen-bond donors (Lipinski definition) is 2. The van der Waals surface area contributed by atoms with Gasteiger partial charge in [-0.15, -0.1) is 11.7 Å². The van der Waals surface area contributed by atoms with E-state index in [1.807, 2.05) is 45.9 Å². The largest absolute Gasteiger partial charge is 0.357 e. The van der Waals surface area contributed by atoms with Crippen molar-refractivity contribution in [2.24, 2.45) is 0 Å². The molecule has 25 heavy (non-hydrogen) atoms. The zero-order valence-corrected chi connectivity index (χ0v) is 15.7. The fourth-order valence-corrected chi connectivity index (χ4v) is 3.48. The van der Waals surface area contributed by atoms with E-state index in [4.69, 9.17) is 12.2 Å². The molecule has 1 atom stereocenters. The summed E-state index contributed by atoms with van der Waals surface area (Å²) in [7, 11) is 2.12. The smallest absolute Gasteiger partial charge is 0.205 e. The molecule has 3 rings (SSSR count). The van der Waals surface area contributed by atoms with Crippen LogP contribution in [0.5, 0.6) is 0 Å². The topological polar surface area (TPSA) is 52.1 Å². The molecule has 8 heteroatoms. The first kappa shape index (κ1) is 17.5. The SMILES string of the molecule is C=CCNc1nn(C[NH+](C)Cc2cnn(-c3ccccc3)c2)c(=S)s1. The molecule has 0 aliphatic heterocycles.